The third kappa shape index (κ3) is 2.96. The van der Waals surface area contributed by atoms with Gasteiger partial charge in [-0.25, -0.2) is 4.39 Å². The molecule has 0 saturated carbocycles. The van der Waals surface area contributed by atoms with Crippen LogP contribution in [0.4, 0.5) is 10.1 Å². The number of Topliss-reactive ketones (excluding diaryl/α,β-unsaturated/α-hetero) is 1. The minimum absolute atomic E-state index is 0.101. The average Bonchev–Trinajstić information content (AvgIpc) is 2.65. The summed E-state index contributed by atoms with van der Waals surface area (Å²) in [5.74, 6) is -1.90. The van der Waals surface area contributed by atoms with Crippen molar-refractivity contribution in [1.82, 2.24) is 0 Å². The number of aryl methyl sites for hydroxylation is 1. The molecule has 5 nitrogen and oxygen atoms in total. The van der Waals surface area contributed by atoms with Gasteiger partial charge in [0.25, 0.3) is 11.7 Å². The van der Waals surface area contributed by atoms with Crippen molar-refractivity contribution in [3.8, 4) is 0 Å². The van der Waals surface area contributed by atoms with Crippen LogP contribution in [-0.4, -0.2) is 37.7 Å². The number of nitrogens with zero attached hydrogens (tertiary/aromatic N) is 1. The highest BCUT2D eigenvalue weighted by molar-refractivity contribution is 6.52. The second-order valence-corrected chi connectivity index (χ2v) is 4.70. The summed E-state index contributed by atoms with van der Waals surface area (Å²) in [6, 6.07) is 2.40. The molecule has 0 unspecified atom stereocenters. The summed E-state index contributed by atoms with van der Waals surface area (Å²) in [5, 5.41) is 0. The second-order valence-electron chi connectivity index (χ2n) is 4.70. The van der Waals surface area contributed by atoms with Crippen LogP contribution in [0.5, 0.6) is 0 Å². The minimum atomic E-state index is -0.695. The van der Waals surface area contributed by atoms with Gasteiger partial charge in [-0.05, 0) is 38.5 Å². The average molecular weight is 295 g/mol. The lowest BCUT2D eigenvalue weighted by molar-refractivity contribution is -0.134. The second kappa shape index (κ2) is 6.32. The minimum Gasteiger partial charge on any atom is -0.351 e. The maximum Gasteiger partial charge on any atom is 0.299 e. The number of rotatable bonds is 6. The maximum absolute atomic E-state index is 13.4. The Morgan fingerprint density at radius 1 is 1.19 bits per heavy atom. The van der Waals surface area contributed by atoms with E-state index in [0.29, 0.717) is 24.5 Å². The molecule has 1 amide bonds. The van der Waals surface area contributed by atoms with Crippen molar-refractivity contribution in [2.75, 3.05) is 24.7 Å². The van der Waals surface area contributed by atoms with Crippen LogP contribution in [0, 0.1) is 12.7 Å². The Morgan fingerprint density at radius 3 is 2.38 bits per heavy atom. The van der Waals surface area contributed by atoms with Crippen LogP contribution in [0.25, 0.3) is 0 Å². The molecule has 0 fully saturated rings. The van der Waals surface area contributed by atoms with Crippen molar-refractivity contribution >= 4 is 17.4 Å². The number of halogens is 1. The van der Waals surface area contributed by atoms with Gasteiger partial charge >= 0.3 is 0 Å². The smallest absolute Gasteiger partial charge is 0.299 e. The summed E-state index contributed by atoms with van der Waals surface area (Å²) in [4.78, 5) is 25.4. The monoisotopic (exact) mass is 295 g/mol. The number of amides is 1. The molecular formula is C15H18FNO4. The lowest BCUT2D eigenvalue weighted by Gasteiger charge is -2.24. The number of benzene rings is 1. The van der Waals surface area contributed by atoms with Crippen molar-refractivity contribution in [3.05, 3.63) is 29.1 Å². The molecule has 114 valence electrons. The Hall–Kier alpha value is -1.79. The largest absolute Gasteiger partial charge is 0.351 e. The van der Waals surface area contributed by atoms with E-state index in [2.05, 4.69) is 0 Å². The lowest BCUT2D eigenvalue weighted by Crippen LogP contribution is -2.39. The Balaban J connectivity index is 2.34. The number of ether oxygens (including phenoxy) is 2. The highest BCUT2D eigenvalue weighted by Crippen LogP contribution is 2.33. The van der Waals surface area contributed by atoms with Crippen LogP contribution in [0.3, 0.4) is 0 Å². The highest BCUT2D eigenvalue weighted by Gasteiger charge is 2.38. The van der Waals surface area contributed by atoms with E-state index in [9.17, 15) is 14.0 Å². The molecule has 1 aromatic carbocycles. The third-order valence-corrected chi connectivity index (χ3v) is 3.26. The summed E-state index contributed by atoms with van der Waals surface area (Å²) >= 11 is 0. The van der Waals surface area contributed by atoms with E-state index in [1.165, 1.54) is 11.0 Å². The zero-order valence-corrected chi connectivity index (χ0v) is 12.3. The first-order valence-electron chi connectivity index (χ1n) is 6.89. The summed E-state index contributed by atoms with van der Waals surface area (Å²) in [6.07, 6.45) is -0.618. The van der Waals surface area contributed by atoms with Crippen molar-refractivity contribution in [3.63, 3.8) is 0 Å². The van der Waals surface area contributed by atoms with Crippen molar-refractivity contribution in [2.45, 2.75) is 27.1 Å². The first kappa shape index (κ1) is 15.6. The molecule has 2 rings (SSSR count). The number of carbonyl (C=O) groups excluding carboxylic acids is 2. The summed E-state index contributed by atoms with van der Waals surface area (Å²) in [7, 11) is 0. The van der Waals surface area contributed by atoms with Gasteiger partial charge in [-0.1, -0.05) is 0 Å². The molecule has 0 spiro atoms. The van der Waals surface area contributed by atoms with E-state index in [-0.39, 0.29) is 12.1 Å². The zero-order chi connectivity index (χ0) is 15.6. The molecular weight excluding hydrogens is 277 g/mol. The van der Waals surface area contributed by atoms with Gasteiger partial charge < -0.3 is 9.47 Å². The van der Waals surface area contributed by atoms with Crippen LogP contribution in [0.2, 0.25) is 0 Å². The number of hydrogen-bond donors (Lipinski definition) is 0. The molecule has 1 aromatic rings. The molecule has 0 aromatic heterocycles. The zero-order valence-electron chi connectivity index (χ0n) is 12.3. The maximum atomic E-state index is 13.4. The molecule has 0 N–H and O–H groups in total. The van der Waals surface area contributed by atoms with Gasteiger partial charge in [-0.3, -0.25) is 14.5 Å². The predicted octanol–water partition coefficient (Wildman–Crippen LogP) is 2.06. The fourth-order valence-corrected chi connectivity index (χ4v) is 2.45. The van der Waals surface area contributed by atoms with E-state index in [0.717, 1.165) is 6.07 Å². The predicted molar refractivity (Wildman–Crippen MR) is 74.9 cm³/mol. The van der Waals surface area contributed by atoms with Gasteiger partial charge in [-0.15, -0.1) is 0 Å². The quantitative estimate of drug-likeness (QED) is 0.595. The van der Waals surface area contributed by atoms with Crippen molar-refractivity contribution in [1.29, 1.82) is 0 Å². The number of carbonyl (C=O) groups is 2. The van der Waals surface area contributed by atoms with Gasteiger partial charge in [0.15, 0.2) is 6.29 Å². The number of anilines is 1. The van der Waals surface area contributed by atoms with Crippen molar-refractivity contribution in [2.24, 2.45) is 0 Å². The van der Waals surface area contributed by atoms with Gasteiger partial charge in [0.2, 0.25) is 0 Å². The fraction of sp³-hybridized carbons (Fsp3) is 0.467. The highest BCUT2D eigenvalue weighted by atomic mass is 19.1. The van der Waals surface area contributed by atoms with Gasteiger partial charge in [0.1, 0.15) is 5.82 Å². The molecule has 0 atom stereocenters. The normalized spacial score (nSPS) is 14.2. The van der Waals surface area contributed by atoms with Gasteiger partial charge in [-0.2, -0.15) is 0 Å². The van der Waals surface area contributed by atoms with E-state index < -0.39 is 23.8 Å². The lowest BCUT2D eigenvalue weighted by atomic mass is 10.1. The number of fused-ring (bicyclic) bond motifs is 1. The van der Waals surface area contributed by atoms with Crippen LogP contribution < -0.4 is 4.90 Å². The Labute approximate surface area is 122 Å². The Kier molecular flexibility index (Phi) is 4.69. The molecule has 0 saturated heterocycles. The number of hydrogen-bond acceptors (Lipinski definition) is 4. The Morgan fingerprint density at radius 2 is 1.81 bits per heavy atom. The molecule has 0 radical (unpaired) electrons. The Bertz CT molecular complexity index is 567. The molecule has 0 bridgehead atoms. The summed E-state index contributed by atoms with van der Waals surface area (Å²) < 4.78 is 24.2. The fourth-order valence-electron chi connectivity index (χ4n) is 2.45. The molecule has 21 heavy (non-hydrogen) atoms. The molecule has 6 heteroatoms. The first-order chi connectivity index (χ1) is 9.99. The topological polar surface area (TPSA) is 55.8 Å². The SMILES string of the molecule is CCOC(CN1C(=O)C(=O)c2cc(F)cc(C)c21)OCC. The first-order valence-corrected chi connectivity index (χ1v) is 6.89. The van der Waals surface area contributed by atoms with Crippen LogP contribution in [-0.2, 0) is 14.3 Å². The summed E-state index contributed by atoms with van der Waals surface area (Å²) in [6.45, 7) is 6.25. The molecule has 1 heterocycles. The number of ketones is 1. The van der Waals surface area contributed by atoms with Gasteiger partial charge in [0.05, 0.1) is 17.8 Å². The van der Waals surface area contributed by atoms with E-state index in [1.54, 1.807) is 6.92 Å². The van der Waals surface area contributed by atoms with E-state index >= 15 is 0 Å². The summed E-state index contributed by atoms with van der Waals surface area (Å²) in [5.41, 5.74) is 1.08. The van der Waals surface area contributed by atoms with Gasteiger partial charge in [0, 0.05) is 13.2 Å². The van der Waals surface area contributed by atoms with E-state index in [4.69, 9.17) is 9.47 Å². The standard InChI is InChI=1S/C15H18FNO4/c1-4-20-12(21-5-2)8-17-13-9(3)6-10(16)7-11(13)14(18)15(17)19/h6-7,12H,4-5,8H2,1-3H3. The van der Waals surface area contributed by atoms with Crippen LogP contribution in [0.1, 0.15) is 29.8 Å². The third-order valence-electron chi connectivity index (χ3n) is 3.26. The molecule has 0 aliphatic carbocycles. The van der Waals surface area contributed by atoms with Crippen LogP contribution >= 0.6 is 0 Å². The van der Waals surface area contributed by atoms with Crippen molar-refractivity contribution < 1.29 is 23.5 Å². The van der Waals surface area contributed by atoms with E-state index in [1.807, 2.05) is 13.8 Å². The van der Waals surface area contributed by atoms with Crippen LogP contribution in [0.15, 0.2) is 12.1 Å². The molecule has 1 aliphatic heterocycles. The molecule has 1 aliphatic rings.